The number of phenols is 1. The number of nitrogens with two attached hydrogens (primary N) is 3. The monoisotopic (exact) mass is 613 g/mol. The van der Waals surface area contributed by atoms with E-state index in [2.05, 4.69) is 25.3 Å². The third kappa shape index (κ3) is 22.6. The first kappa shape index (κ1) is 38.1. The first-order valence-electron chi connectivity index (χ1n) is 12.0. The molecule has 0 unspecified atom stereocenters. The molecular formula is C30H41N3O5Zr. The molecule has 0 heterocycles. The number of ether oxygens (including phenoxy) is 2. The van der Waals surface area contributed by atoms with E-state index in [9.17, 15) is 5.11 Å². The molecule has 3 aromatic carbocycles. The predicted molar refractivity (Wildman–Crippen MR) is 154 cm³/mol. The number of hydrogen-bond acceptors (Lipinski definition) is 8. The van der Waals surface area contributed by atoms with Crippen molar-refractivity contribution in [3.05, 3.63) is 110 Å². The van der Waals surface area contributed by atoms with Gasteiger partial charge in [0.05, 0.1) is 33.0 Å². The quantitative estimate of drug-likeness (QED) is 0.0947. The topological polar surface area (TPSA) is 154 Å². The Balaban J connectivity index is 0. The number of hydrogen-bond donors (Lipinski definition) is 5. The number of aliphatic hydroxyl groups excluding tert-OH is 1. The molecule has 8 N–H and O–H groups in total. The maximum absolute atomic E-state index is 9.36. The minimum atomic E-state index is -0.300. The molecule has 0 amide bonds. The van der Waals surface area contributed by atoms with E-state index in [1.165, 1.54) is 6.07 Å². The molecule has 0 aliphatic heterocycles. The molecule has 0 spiro atoms. The molecule has 0 aromatic heterocycles. The van der Waals surface area contributed by atoms with Crippen LogP contribution in [0, 0.1) is 17.5 Å². The Labute approximate surface area is 248 Å². The van der Waals surface area contributed by atoms with Crippen LogP contribution in [0.2, 0.25) is 0 Å². The molecule has 210 valence electrons. The summed E-state index contributed by atoms with van der Waals surface area (Å²) in [6, 6.07) is 26.6. The summed E-state index contributed by atoms with van der Waals surface area (Å²) >= 11 is 0.300. The van der Waals surface area contributed by atoms with E-state index in [0.717, 1.165) is 17.8 Å². The van der Waals surface area contributed by atoms with Crippen LogP contribution in [-0.4, -0.2) is 43.2 Å². The molecule has 0 radical (unpaired) electrons. The van der Waals surface area contributed by atoms with E-state index in [4.69, 9.17) is 34.6 Å². The summed E-state index contributed by atoms with van der Waals surface area (Å²) in [4.78, 5) is 0. The van der Waals surface area contributed by atoms with Gasteiger partial charge in [0, 0.05) is 17.2 Å². The molecule has 0 bridgehead atoms. The van der Waals surface area contributed by atoms with Crippen LogP contribution in [0.3, 0.4) is 0 Å². The zero-order valence-corrected chi connectivity index (χ0v) is 25.0. The number of aromatic hydroxyl groups is 1. The van der Waals surface area contributed by atoms with Crippen LogP contribution in [0.4, 0.5) is 17.1 Å². The Hall–Kier alpha value is -3.10. The normalized spacial score (nSPS) is 9.44. The fourth-order valence-corrected chi connectivity index (χ4v) is 2.51. The Bertz CT molecular complexity index is 904. The molecule has 3 rings (SSSR count). The summed E-state index contributed by atoms with van der Waals surface area (Å²) in [5.74, 6) is 0.213. The fraction of sp³-hybridized carbons (Fsp3) is 0.267. The molecular weight excluding hydrogens is 574 g/mol. The SMILES string of the molecule is C=CCOCC(CC)(CO)COCC=C.Nc1c[c-]ccc1.Nc1c[c-]ccc1.Nc1cccc(O)c1.[O]=[Zr+2]. The second-order valence-electron chi connectivity index (χ2n) is 7.89. The number of aliphatic hydroxyl groups is 1. The van der Waals surface area contributed by atoms with Gasteiger partial charge in [-0.1, -0.05) is 36.5 Å². The zero-order valence-electron chi connectivity index (χ0n) is 22.6. The van der Waals surface area contributed by atoms with E-state index < -0.39 is 0 Å². The van der Waals surface area contributed by atoms with Crippen LogP contribution in [-0.2, 0) is 37.0 Å². The molecule has 9 heteroatoms. The van der Waals surface area contributed by atoms with Gasteiger partial charge >= 0.3 is 27.5 Å². The van der Waals surface area contributed by atoms with Crippen LogP contribution >= 0.6 is 0 Å². The van der Waals surface area contributed by atoms with Gasteiger partial charge in [-0.25, -0.2) is 0 Å². The van der Waals surface area contributed by atoms with E-state index >= 15 is 0 Å². The Morgan fingerprint density at radius 2 is 1.33 bits per heavy atom. The van der Waals surface area contributed by atoms with Crippen molar-refractivity contribution in [3.63, 3.8) is 0 Å². The Morgan fingerprint density at radius 3 is 1.56 bits per heavy atom. The van der Waals surface area contributed by atoms with Crippen molar-refractivity contribution < 1.29 is 47.2 Å². The van der Waals surface area contributed by atoms with E-state index in [-0.39, 0.29) is 17.8 Å². The second kappa shape index (κ2) is 26.5. The van der Waals surface area contributed by atoms with Crippen molar-refractivity contribution in [2.75, 3.05) is 50.2 Å². The average Bonchev–Trinajstić information content (AvgIpc) is 2.95. The van der Waals surface area contributed by atoms with Crippen molar-refractivity contribution >= 4 is 17.1 Å². The molecule has 0 aliphatic rings. The van der Waals surface area contributed by atoms with Gasteiger partial charge < -0.3 is 36.9 Å². The van der Waals surface area contributed by atoms with Gasteiger partial charge in [0.15, 0.2) is 0 Å². The van der Waals surface area contributed by atoms with Crippen molar-refractivity contribution in [2.24, 2.45) is 5.41 Å². The number of nitrogen functional groups attached to an aromatic ring is 3. The van der Waals surface area contributed by atoms with Gasteiger partial charge in [0.25, 0.3) is 0 Å². The van der Waals surface area contributed by atoms with Crippen LogP contribution in [0.15, 0.2) is 98.1 Å². The number of rotatable bonds is 10. The van der Waals surface area contributed by atoms with Gasteiger partial charge in [-0.15, -0.1) is 13.2 Å². The second-order valence-corrected chi connectivity index (χ2v) is 7.89. The average molecular weight is 615 g/mol. The zero-order chi connectivity index (χ0) is 29.8. The van der Waals surface area contributed by atoms with E-state index in [1.807, 2.05) is 43.3 Å². The van der Waals surface area contributed by atoms with Gasteiger partial charge in [0.1, 0.15) is 5.75 Å². The Kier molecular flexibility index (Phi) is 25.9. The predicted octanol–water partition coefficient (Wildman–Crippen LogP) is 4.77. The van der Waals surface area contributed by atoms with Crippen LogP contribution < -0.4 is 17.2 Å². The molecule has 0 saturated heterocycles. The summed E-state index contributed by atoms with van der Waals surface area (Å²) in [6.45, 7) is 11.2. The van der Waals surface area contributed by atoms with Crippen molar-refractivity contribution in [1.29, 1.82) is 0 Å². The van der Waals surface area contributed by atoms with Crippen LogP contribution in [0.5, 0.6) is 5.75 Å². The Morgan fingerprint density at radius 1 is 0.872 bits per heavy atom. The summed E-state index contributed by atoms with van der Waals surface area (Å²) in [7, 11) is 0. The molecule has 0 aliphatic carbocycles. The first-order valence-corrected chi connectivity index (χ1v) is 13.0. The molecule has 8 nitrogen and oxygen atoms in total. The number of benzene rings is 3. The standard InChI is InChI=1S/C12H22O3.C6H7NO.2C6H6N.O.Zr/c1-4-7-14-10-12(6-3,9-13)11-15-8-5-2;7-5-2-1-3-6(8)4-5;2*7-6-4-2-1-3-5-6;;/h4-5,13H,1-2,6-11H2,3H3;1-4,8H,7H2;2*1-2,4-5H,7H2;;/q;;2*-1;;+2. The van der Waals surface area contributed by atoms with Crippen LogP contribution in [0.25, 0.3) is 0 Å². The fourth-order valence-electron chi connectivity index (χ4n) is 2.51. The van der Waals surface area contributed by atoms with Crippen molar-refractivity contribution in [3.8, 4) is 5.75 Å². The number of phenolic OH excluding ortho intramolecular Hbond substituents is 1. The molecule has 39 heavy (non-hydrogen) atoms. The van der Waals surface area contributed by atoms with Crippen molar-refractivity contribution in [1.82, 2.24) is 0 Å². The molecule has 3 aromatic rings. The summed E-state index contributed by atoms with van der Waals surface area (Å²) in [5.41, 5.74) is 17.8. The molecule has 0 saturated carbocycles. The third-order valence-electron chi connectivity index (χ3n) is 4.71. The summed E-state index contributed by atoms with van der Waals surface area (Å²) < 4.78 is 19.1. The summed E-state index contributed by atoms with van der Waals surface area (Å²) in [5, 5.41) is 18.1. The third-order valence-corrected chi connectivity index (χ3v) is 4.71. The maximum atomic E-state index is 9.36. The van der Waals surface area contributed by atoms with Gasteiger partial charge in [-0.05, 0) is 18.6 Å². The molecule has 0 fully saturated rings. The van der Waals surface area contributed by atoms with Crippen LogP contribution in [0.1, 0.15) is 13.3 Å². The van der Waals surface area contributed by atoms with E-state index in [0.29, 0.717) is 56.8 Å². The molecule has 0 atom stereocenters. The summed E-state index contributed by atoms with van der Waals surface area (Å²) in [6.07, 6.45) is 4.21. The van der Waals surface area contributed by atoms with E-state index in [1.54, 1.807) is 42.5 Å². The number of anilines is 3. The van der Waals surface area contributed by atoms with Gasteiger partial charge in [0.2, 0.25) is 0 Å². The van der Waals surface area contributed by atoms with Gasteiger partial charge in [-0.2, -0.15) is 60.7 Å². The van der Waals surface area contributed by atoms with Gasteiger partial charge in [-0.3, -0.25) is 0 Å². The first-order chi connectivity index (χ1) is 18.8. The van der Waals surface area contributed by atoms with Crippen molar-refractivity contribution in [2.45, 2.75) is 13.3 Å². The minimum absolute atomic E-state index is 0.0672.